The van der Waals surface area contributed by atoms with Gasteiger partial charge in [0, 0.05) is 24.5 Å². The number of carbonyl (C=O) groups excluding carboxylic acids is 2. The van der Waals surface area contributed by atoms with Crippen LogP contribution in [0.1, 0.15) is 48.7 Å². The maximum Gasteiger partial charge on any atom is 0.258 e. The smallest absolute Gasteiger partial charge is 0.258 e. The Balaban J connectivity index is 1.35. The van der Waals surface area contributed by atoms with Crippen LogP contribution in [0.25, 0.3) is 0 Å². The molecule has 1 aliphatic heterocycles. The molecule has 2 amide bonds. The molecule has 2 N–H and O–H groups in total. The Hall–Kier alpha value is -2.89. The van der Waals surface area contributed by atoms with Crippen LogP contribution in [0.5, 0.6) is 5.75 Å². The molecule has 0 saturated heterocycles. The van der Waals surface area contributed by atoms with E-state index in [2.05, 4.69) is 22.5 Å². The van der Waals surface area contributed by atoms with E-state index in [4.69, 9.17) is 4.74 Å². The van der Waals surface area contributed by atoms with Crippen LogP contribution in [0.15, 0.2) is 48.7 Å². The predicted octanol–water partition coefficient (Wildman–Crippen LogP) is 3.04. The first kappa shape index (κ1) is 18.2. The van der Waals surface area contributed by atoms with Crippen molar-refractivity contribution in [3.05, 3.63) is 59.9 Å². The largest absolute Gasteiger partial charge is 0.467 e. The molecule has 4 aliphatic rings. The van der Waals surface area contributed by atoms with Crippen molar-refractivity contribution < 1.29 is 14.3 Å². The third-order valence-corrected chi connectivity index (χ3v) is 6.99. The quantitative estimate of drug-likeness (QED) is 0.843. The van der Waals surface area contributed by atoms with Crippen molar-refractivity contribution in [2.24, 2.45) is 17.3 Å². The fourth-order valence-electron chi connectivity index (χ4n) is 5.46. The molecule has 3 fully saturated rings. The van der Waals surface area contributed by atoms with E-state index in [-0.39, 0.29) is 29.1 Å². The third kappa shape index (κ3) is 2.98. The maximum absolute atomic E-state index is 13.0. The first-order valence-electron chi connectivity index (χ1n) is 10.3. The molecular weight excluding hydrogens is 366 g/mol. The molecule has 29 heavy (non-hydrogen) atoms. The molecule has 2 aromatic rings. The molecule has 150 valence electrons. The van der Waals surface area contributed by atoms with Gasteiger partial charge >= 0.3 is 0 Å². The number of nitrogens with zero attached hydrogens (tertiary/aromatic N) is 1. The topological polar surface area (TPSA) is 80.3 Å². The summed E-state index contributed by atoms with van der Waals surface area (Å²) in [4.78, 5) is 30.0. The standard InChI is InChI=1S/C23H25N3O3/c1-22-10-9-15(12-18(22)21(28)25-13-16-6-4-5-11-24-16)23(14-22)26-20(27)17-7-2-3-8-19(17)29-23/h2-8,11,15,18H,9-10,12-14H2,1H3,(H,25,28)(H,26,27)/t15-,18-,22-,23+/m0/s1. The summed E-state index contributed by atoms with van der Waals surface area (Å²) in [5.41, 5.74) is 0.496. The van der Waals surface area contributed by atoms with Crippen molar-refractivity contribution >= 4 is 11.8 Å². The van der Waals surface area contributed by atoms with Crippen molar-refractivity contribution in [2.45, 2.75) is 44.9 Å². The zero-order chi connectivity index (χ0) is 20.1. The number of carbonyl (C=O) groups is 2. The van der Waals surface area contributed by atoms with Gasteiger partial charge < -0.3 is 15.4 Å². The second-order valence-electron chi connectivity index (χ2n) is 8.84. The molecule has 3 saturated carbocycles. The Morgan fingerprint density at radius 2 is 2.10 bits per heavy atom. The molecule has 0 unspecified atom stereocenters. The summed E-state index contributed by atoms with van der Waals surface area (Å²) in [5.74, 6) is 0.656. The van der Waals surface area contributed by atoms with Gasteiger partial charge in [-0.05, 0) is 48.9 Å². The van der Waals surface area contributed by atoms with Gasteiger partial charge in [0.15, 0.2) is 5.72 Å². The first-order chi connectivity index (χ1) is 14.0. The molecule has 1 aromatic carbocycles. The summed E-state index contributed by atoms with van der Waals surface area (Å²) >= 11 is 0. The molecular formula is C23H25N3O3. The number of ether oxygens (including phenoxy) is 1. The number of para-hydroxylation sites is 1. The van der Waals surface area contributed by atoms with Gasteiger partial charge in [0.1, 0.15) is 5.75 Å². The molecule has 4 atom stereocenters. The number of nitrogens with one attached hydrogen (secondary N) is 2. The molecule has 1 aromatic heterocycles. The Morgan fingerprint density at radius 1 is 1.28 bits per heavy atom. The molecule has 2 heterocycles. The monoisotopic (exact) mass is 391 g/mol. The number of aromatic nitrogens is 1. The predicted molar refractivity (Wildman–Crippen MR) is 107 cm³/mol. The van der Waals surface area contributed by atoms with Crippen LogP contribution < -0.4 is 15.4 Å². The van der Waals surface area contributed by atoms with Crippen LogP contribution in [0.3, 0.4) is 0 Å². The molecule has 6 rings (SSSR count). The zero-order valence-electron chi connectivity index (χ0n) is 16.5. The number of benzene rings is 1. The Kier molecular flexibility index (Phi) is 4.12. The highest BCUT2D eigenvalue weighted by Crippen LogP contribution is 2.58. The highest BCUT2D eigenvalue weighted by atomic mass is 16.5. The summed E-state index contributed by atoms with van der Waals surface area (Å²) in [7, 11) is 0. The molecule has 3 aliphatic carbocycles. The van der Waals surface area contributed by atoms with Crippen molar-refractivity contribution in [1.82, 2.24) is 15.6 Å². The normalized spacial score (nSPS) is 32.2. The lowest BCUT2D eigenvalue weighted by atomic mass is 9.52. The van der Waals surface area contributed by atoms with Crippen LogP contribution in [0.2, 0.25) is 0 Å². The minimum Gasteiger partial charge on any atom is -0.467 e. The van der Waals surface area contributed by atoms with Gasteiger partial charge in [-0.2, -0.15) is 0 Å². The van der Waals surface area contributed by atoms with Crippen LogP contribution in [-0.2, 0) is 11.3 Å². The lowest BCUT2D eigenvalue weighted by Crippen LogP contribution is -2.69. The summed E-state index contributed by atoms with van der Waals surface area (Å²) in [6.45, 7) is 2.59. The van der Waals surface area contributed by atoms with Crippen LogP contribution in [0, 0.1) is 17.3 Å². The molecule has 6 nitrogen and oxygen atoms in total. The molecule has 6 heteroatoms. The second-order valence-corrected chi connectivity index (χ2v) is 8.84. The highest BCUT2D eigenvalue weighted by Gasteiger charge is 2.61. The number of pyridine rings is 1. The van der Waals surface area contributed by atoms with Crippen molar-refractivity contribution in [1.29, 1.82) is 0 Å². The van der Waals surface area contributed by atoms with E-state index in [1.165, 1.54) is 0 Å². The Bertz CT molecular complexity index is 963. The minimum atomic E-state index is -0.712. The number of hydrogen-bond donors (Lipinski definition) is 2. The van der Waals surface area contributed by atoms with Crippen LogP contribution >= 0.6 is 0 Å². The number of hydrogen-bond acceptors (Lipinski definition) is 4. The maximum atomic E-state index is 13.0. The number of fused-ring (bicyclic) bond motifs is 3. The van der Waals surface area contributed by atoms with Gasteiger partial charge in [0.05, 0.1) is 17.8 Å². The summed E-state index contributed by atoms with van der Waals surface area (Å²) < 4.78 is 6.41. The summed E-state index contributed by atoms with van der Waals surface area (Å²) in [6.07, 6.45) is 5.00. The van der Waals surface area contributed by atoms with Gasteiger partial charge in [0.2, 0.25) is 5.91 Å². The van der Waals surface area contributed by atoms with Crippen LogP contribution in [0.4, 0.5) is 0 Å². The van der Waals surface area contributed by atoms with Gasteiger partial charge in [-0.25, -0.2) is 0 Å². The second kappa shape index (κ2) is 6.58. The van der Waals surface area contributed by atoms with Gasteiger partial charge in [-0.3, -0.25) is 14.6 Å². The number of amides is 2. The summed E-state index contributed by atoms with van der Waals surface area (Å²) in [6, 6.07) is 13.1. The molecule has 0 radical (unpaired) electrons. The van der Waals surface area contributed by atoms with E-state index in [0.29, 0.717) is 30.7 Å². The van der Waals surface area contributed by atoms with Gasteiger partial charge in [-0.1, -0.05) is 25.1 Å². The fraction of sp³-hybridized carbons (Fsp3) is 0.435. The average Bonchev–Trinajstić information content (AvgIpc) is 2.72. The third-order valence-electron chi connectivity index (χ3n) is 6.99. The van der Waals surface area contributed by atoms with E-state index < -0.39 is 5.72 Å². The van der Waals surface area contributed by atoms with Crippen LogP contribution in [-0.4, -0.2) is 22.5 Å². The van der Waals surface area contributed by atoms with Gasteiger partial charge in [0.25, 0.3) is 5.91 Å². The Labute approximate surface area is 170 Å². The van der Waals surface area contributed by atoms with E-state index in [0.717, 1.165) is 18.5 Å². The minimum absolute atomic E-state index is 0.0697. The van der Waals surface area contributed by atoms with E-state index in [9.17, 15) is 9.59 Å². The Morgan fingerprint density at radius 3 is 2.90 bits per heavy atom. The van der Waals surface area contributed by atoms with Crippen molar-refractivity contribution in [3.8, 4) is 5.75 Å². The first-order valence-corrected chi connectivity index (χ1v) is 10.3. The molecule has 1 spiro atoms. The molecule has 2 bridgehead atoms. The van der Waals surface area contributed by atoms with E-state index in [1.807, 2.05) is 36.4 Å². The average molecular weight is 391 g/mol. The van der Waals surface area contributed by atoms with Crippen molar-refractivity contribution in [2.75, 3.05) is 0 Å². The lowest BCUT2D eigenvalue weighted by Gasteiger charge is -2.59. The number of rotatable bonds is 3. The lowest BCUT2D eigenvalue weighted by molar-refractivity contribution is -0.167. The van der Waals surface area contributed by atoms with Crippen molar-refractivity contribution in [3.63, 3.8) is 0 Å². The fourth-order valence-corrected chi connectivity index (χ4v) is 5.46. The highest BCUT2D eigenvalue weighted by molar-refractivity contribution is 5.98. The zero-order valence-corrected chi connectivity index (χ0v) is 16.5. The van der Waals surface area contributed by atoms with E-state index >= 15 is 0 Å². The van der Waals surface area contributed by atoms with Gasteiger partial charge in [-0.15, -0.1) is 0 Å². The van der Waals surface area contributed by atoms with E-state index in [1.54, 1.807) is 12.3 Å². The SMILES string of the molecule is C[C@@]12CC[C@@H](C[C@H]1C(=O)NCc1ccccn1)[C@]1(C2)NC(=O)c2ccccc2O1. The summed E-state index contributed by atoms with van der Waals surface area (Å²) in [5, 5.41) is 6.22.